The molecule has 2 aromatic carbocycles. The third-order valence-electron chi connectivity index (χ3n) is 5.43. The van der Waals surface area contributed by atoms with Crippen LogP contribution in [0.5, 0.6) is 0 Å². The zero-order valence-corrected chi connectivity index (χ0v) is 20.2. The second kappa shape index (κ2) is 13.5. The fourth-order valence-corrected chi connectivity index (χ4v) is 3.70. The molecule has 2 aromatic rings. The van der Waals surface area contributed by atoms with Crippen LogP contribution in [0, 0.1) is 0 Å². The van der Waals surface area contributed by atoms with E-state index in [0.29, 0.717) is 0 Å². The highest BCUT2D eigenvalue weighted by Crippen LogP contribution is 2.27. The summed E-state index contributed by atoms with van der Waals surface area (Å²) < 4.78 is 0. The fourth-order valence-electron chi connectivity index (χ4n) is 3.70. The molecule has 0 aromatic heterocycles. The number of para-hydroxylation sites is 2. The second-order valence-corrected chi connectivity index (χ2v) is 7.83. The molecule has 0 N–H and O–H groups in total. The van der Waals surface area contributed by atoms with Gasteiger partial charge >= 0.3 is 0 Å². The maximum absolute atomic E-state index is 4.14. The molecule has 0 radical (unpaired) electrons. The summed E-state index contributed by atoms with van der Waals surface area (Å²) >= 11 is 0. The Hall–Kier alpha value is -4.04. The van der Waals surface area contributed by atoms with Gasteiger partial charge in [0, 0.05) is 35.0 Å². The Balaban J connectivity index is 1.98. The van der Waals surface area contributed by atoms with Crippen LogP contribution >= 0.6 is 0 Å². The minimum Gasteiger partial charge on any atom is -0.342 e. The van der Waals surface area contributed by atoms with E-state index >= 15 is 0 Å². The topological polar surface area (TPSA) is 6.48 Å². The van der Waals surface area contributed by atoms with Gasteiger partial charge < -0.3 is 9.80 Å². The summed E-state index contributed by atoms with van der Waals surface area (Å²) in [4.78, 5) is 4.55. The number of hydrogen-bond donors (Lipinski definition) is 0. The van der Waals surface area contributed by atoms with Crippen molar-refractivity contribution in [2.24, 2.45) is 0 Å². The molecule has 34 heavy (non-hydrogen) atoms. The number of nitrogens with zero attached hydrogens (tertiary/aromatic N) is 2. The van der Waals surface area contributed by atoms with E-state index in [9.17, 15) is 0 Å². The van der Waals surface area contributed by atoms with Crippen molar-refractivity contribution in [3.05, 3.63) is 157 Å². The van der Waals surface area contributed by atoms with Crippen LogP contribution in [-0.2, 0) is 0 Å². The average molecular weight is 447 g/mol. The standard InChI is InChI=1S/C32H34N2/c1-4-6-7-18-27-33(30-19-14-10-15-20-30)28(3)25-26-29(5-2)34(32-23-16-11-17-24-32)31-21-12-8-9-13-22-31/h4-12,14-26H,2,13,27H2,1,3H3/b6-4-,18-7-,28-25+,29-26+. The van der Waals surface area contributed by atoms with Crippen LogP contribution < -0.4 is 9.80 Å². The van der Waals surface area contributed by atoms with E-state index in [1.165, 1.54) is 0 Å². The van der Waals surface area contributed by atoms with Crippen molar-refractivity contribution in [1.82, 2.24) is 0 Å². The SMILES string of the molecule is C=C/C(=C\C=C(/C)N(C/C=C\C=C/C)c1ccccc1)N(C1=CCC=CC=C1)c1ccccc1. The van der Waals surface area contributed by atoms with Crippen LogP contribution in [-0.4, -0.2) is 6.54 Å². The van der Waals surface area contributed by atoms with Gasteiger partial charge in [0.2, 0.25) is 0 Å². The van der Waals surface area contributed by atoms with Crippen molar-refractivity contribution in [1.29, 1.82) is 0 Å². The lowest BCUT2D eigenvalue weighted by Crippen LogP contribution is -2.21. The minimum atomic E-state index is 0.788. The van der Waals surface area contributed by atoms with Crippen LogP contribution in [0.15, 0.2) is 157 Å². The van der Waals surface area contributed by atoms with Crippen LogP contribution in [0.25, 0.3) is 0 Å². The maximum Gasteiger partial charge on any atom is 0.0461 e. The zero-order valence-electron chi connectivity index (χ0n) is 20.2. The van der Waals surface area contributed by atoms with Crippen molar-refractivity contribution in [3.63, 3.8) is 0 Å². The molecule has 0 saturated carbocycles. The minimum absolute atomic E-state index is 0.788. The second-order valence-electron chi connectivity index (χ2n) is 7.83. The van der Waals surface area contributed by atoms with Gasteiger partial charge in [0.25, 0.3) is 0 Å². The van der Waals surface area contributed by atoms with E-state index in [1.807, 2.05) is 31.2 Å². The molecule has 0 amide bonds. The van der Waals surface area contributed by atoms with E-state index in [-0.39, 0.29) is 0 Å². The summed E-state index contributed by atoms with van der Waals surface area (Å²) in [5, 5.41) is 0. The number of hydrogen-bond acceptors (Lipinski definition) is 2. The van der Waals surface area contributed by atoms with Crippen LogP contribution in [0.1, 0.15) is 20.3 Å². The van der Waals surface area contributed by atoms with Crippen LogP contribution in [0.2, 0.25) is 0 Å². The quantitative estimate of drug-likeness (QED) is 0.338. The first-order valence-electron chi connectivity index (χ1n) is 11.7. The summed E-state index contributed by atoms with van der Waals surface area (Å²) in [5.74, 6) is 0. The van der Waals surface area contributed by atoms with Gasteiger partial charge in [-0.15, -0.1) is 0 Å². The number of anilines is 2. The van der Waals surface area contributed by atoms with E-state index in [2.05, 4.69) is 133 Å². The fraction of sp³-hybridized carbons (Fsp3) is 0.125. The summed E-state index contributed by atoms with van der Waals surface area (Å²) in [6, 6.07) is 20.9. The summed E-state index contributed by atoms with van der Waals surface area (Å²) in [7, 11) is 0. The van der Waals surface area contributed by atoms with Crippen LogP contribution in [0.3, 0.4) is 0 Å². The van der Waals surface area contributed by atoms with Crippen molar-refractivity contribution in [2.75, 3.05) is 16.3 Å². The molecule has 1 aliphatic rings. The Morgan fingerprint density at radius 2 is 1.62 bits per heavy atom. The normalized spacial score (nSPS) is 14.4. The van der Waals surface area contributed by atoms with Gasteiger partial charge in [0.1, 0.15) is 0 Å². The Kier molecular flexibility index (Phi) is 9.76. The Labute approximate surface area is 205 Å². The molecule has 3 rings (SSSR count). The molecular weight excluding hydrogens is 412 g/mol. The predicted octanol–water partition coefficient (Wildman–Crippen LogP) is 8.51. The Bertz CT molecular complexity index is 1130. The maximum atomic E-state index is 4.14. The number of rotatable bonds is 10. The third kappa shape index (κ3) is 6.98. The summed E-state index contributed by atoms with van der Waals surface area (Å²) in [5.41, 5.74) is 5.56. The first-order valence-corrected chi connectivity index (χ1v) is 11.7. The lowest BCUT2D eigenvalue weighted by molar-refractivity contribution is 1.01. The van der Waals surface area contributed by atoms with E-state index in [0.717, 1.165) is 41.4 Å². The predicted molar refractivity (Wildman–Crippen MR) is 150 cm³/mol. The van der Waals surface area contributed by atoms with Gasteiger partial charge in [0.05, 0.1) is 0 Å². The molecule has 1 aliphatic carbocycles. The Morgan fingerprint density at radius 3 is 2.29 bits per heavy atom. The van der Waals surface area contributed by atoms with E-state index < -0.39 is 0 Å². The number of benzene rings is 2. The molecule has 0 unspecified atom stereocenters. The first kappa shape index (κ1) is 24.6. The van der Waals surface area contributed by atoms with Crippen molar-refractivity contribution in [3.8, 4) is 0 Å². The van der Waals surface area contributed by atoms with Gasteiger partial charge in [-0.05, 0) is 68.8 Å². The highest BCUT2D eigenvalue weighted by Gasteiger charge is 2.13. The van der Waals surface area contributed by atoms with Gasteiger partial charge in [-0.25, -0.2) is 0 Å². The number of allylic oxidation sites excluding steroid dienone is 12. The Morgan fingerprint density at radius 1 is 0.912 bits per heavy atom. The molecule has 0 bridgehead atoms. The molecule has 2 nitrogen and oxygen atoms in total. The average Bonchev–Trinajstić information content (AvgIpc) is 3.17. The lowest BCUT2D eigenvalue weighted by Gasteiger charge is -2.27. The van der Waals surface area contributed by atoms with Gasteiger partial charge in [0.15, 0.2) is 0 Å². The molecule has 0 spiro atoms. The van der Waals surface area contributed by atoms with Crippen molar-refractivity contribution in [2.45, 2.75) is 20.3 Å². The summed E-state index contributed by atoms with van der Waals surface area (Å²) in [6.45, 7) is 9.10. The van der Waals surface area contributed by atoms with Crippen molar-refractivity contribution < 1.29 is 0 Å². The first-order chi connectivity index (χ1) is 16.7. The smallest absolute Gasteiger partial charge is 0.0461 e. The summed E-state index contributed by atoms with van der Waals surface area (Å²) in [6.07, 6.45) is 26.2. The molecular formula is C32H34N2. The van der Waals surface area contributed by atoms with Gasteiger partial charge in [-0.2, -0.15) is 0 Å². The molecule has 0 fully saturated rings. The monoisotopic (exact) mass is 446 g/mol. The van der Waals surface area contributed by atoms with Crippen molar-refractivity contribution >= 4 is 11.4 Å². The van der Waals surface area contributed by atoms with Gasteiger partial charge in [-0.1, -0.05) is 91.6 Å². The highest BCUT2D eigenvalue weighted by atomic mass is 15.2. The third-order valence-corrected chi connectivity index (χ3v) is 5.43. The molecule has 0 heterocycles. The molecule has 0 saturated heterocycles. The highest BCUT2D eigenvalue weighted by molar-refractivity contribution is 5.63. The van der Waals surface area contributed by atoms with E-state index in [4.69, 9.17) is 0 Å². The van der Waals surface area contributed by atoms with Gasteiger partial charge in [-0.3, -0.25) is 0 Å². The molecule has 2 heteroatoms. The zero-order chi connectivity index (χ0) is 24.0. The lowest BCUT2D eigenvalue weighted by atomic mass is 10.2. The van der Waals surface area contributed by atoms with E-state index in [1.54, 1.807) is 0 Å². The molecule has 0 aliphatic heterocycles. The molecule has 0 atom stereocenters. The largest absolute Gasteiger partial charge is 0.342 e. The van der Waals surface area contributed by atoms with Crippen LogP contribution in [0.4, 0.5) is 11.4 Å². The molecule has 172 valence electrons.